The molecular weight excluding hydrogens is 430 g/mol. The number of hydrogen-bond acceptors (Lipinski definition) is 5. The molecule has 0 saturated heterocycles. The second-order valence-electron chi connectivity index (χ2n) is 7.52. The maximum absolute atomic E-state index is 12.7. The number of rotatable bonds is 8. The van der Waals surface area contributed by atoms with E-state index < -0.39 is 11.9 Å². The zero-order valence-electron chi connectivity index (χ0n) is 18.3. The third-order valence-electron chi connectivity index (χ3n) is 5.06. The Balaban J connectivity index is 1.55. The van der Waals surface area contributed by atoms with Crippen molar-refractivity contribution >= 4 is 17.6 Å². The molecule has 170 valence electrons. The van der Waals surface area contributed by atoms with Gasteiger partial charge in [0.15, 0.2) is 0 Å². The van der Waals surface area contributed by atoms with Crippen LogP contribution in [0.5, 0.6) is 11.5 Å². The van der Waals surface area contributed by atoms with Gasteiger partial charge in [-0.25, -0.2) is 4.79 Å². The van der Waals surface area contributed by atoms with E-state index in [9.17, 15) is 14.7 Å². The lowest BCUT2D eigenvalue weighted by Crippen LogP contribution is -2.14. The van der Waals surface area contributed by atoms with Gasteiger partial charge in [-0.15, -0.1) is 0 Å². The maximum atomic E-state index is 12.7. The van der Waals surface area contributed by atoms with Gasteiger partial charge in [-0.2, -0.15) is 0 Å². The molecule has 0 atom stereocenters. The quantitative estimate of drug-likeness (QED) is 0.340. The van der Waals surface area contributed by atoms with Crippen LogP contribution < -0.4 is 10.1 Å². The number of phenols is 1. The monoisotopic (exact) mass is 453 g/mol. The Kier molecular flexibility index (Phi) is 7.20. The highest BCUT2D eigenvalue weighted by atomic mass is 16.5. The predicted molar refractivity (Wildman–Crippen MR) is 129 cm³/mol. The van der Waals surface area contributed by atoms with Crippen molar-refractivity contribution in [2.45, 2.75) is 13.2 Å². The summed E-state index contributed by atoms with van der Waals surface area (Å²) in [7, 11) is 0. The van der Waals surface area contributed by atoms with Crippen molar-refractivity contribution in [1.82, 2.24) is 0 Å². The fraction of sp³-hybridized carbons (Fsp3) is 0.0714. The molecule has 2 N–H and O–H groups in total. The summed E-state index contributed by atoms with van der Waals surface area (Å²) in [6, 6.07) is 29.9. The molecule has 34 heavy (non-hydrogen) atoms. The summed E-state index contributed by atoms with van der Waals surface area (Å²) in [6.07, 6.45) is 0. The molecule has 1 amide bonds. The van der Waals surface area contributed by atoms with Crippen molar-refractivity contribution in [2.24, 2.45) is 0 Å². The molecule has 4 aromatic carbocycles. The van der Waals surface area contributed by atoms with Crippen molar-refractivity contribution in [3.05, 3.63) is 125 Å². The van der Waals surface area contributed by atoms with Gasteiger partial charge in [-0.3, -0.25) is 4.79 Å². The number of carbonyl (C=O) groups excluding carboxylic acids is 2. The number of aromatic hydroxyl groups is 1. The Morgan fingerprint density at radius 2 is 1.35 bits per heavy atom. The van der Waals surface area contributed by atoms with E-state index in [1.54, 1.807) is 24.3 Å². The number of phenolic OH excluding ortho intramolecular Hbond substituents is 1. The van der Waals surface area contributed by atoms with Crippen LogP contribution in [0.15, 0.2) is 103 Å². The molecule has 0 aliphatic rings. The van der Waals surface area contributed by atoms with Gasteiger partial charge >= 0.3 is 5.97 Å². The van der Waals surface area contributed by atoms with Crippen LogP contribution in [-0.2, 0) is 18.0 Å². The van der Waals surface area contributed by atoms with E-state index in [0.717, 1.165) is 11.1 Å². The van der Waals surface area contributed by atoms with Gasteiger partial charge in [0.25, 0.3) is 5.91 Å². The predicted octanol–water partition coefficient (Wildman–Crippen LogP) is 5.58. The van der Waals surface area contributed by atoms with E-state index in [-0.39, 0.29) is 24.5 Å². The first kappa shape index (κ1) is 22.6. The summed E-state index contributed by atoms with van der Waals surface area (Å²) >= 11 is 0. The molecule has 0 fully saturated rings. The second kappa shape index (κ2) is 10.8. The lowest BCUT2D eigenvalue weighted by Gasteiger charge is -2.15. The van der Waals surface area contributed by atoms with Gasteiger partial charge in [-0.05, 0) is 41.5 Å². The average Bonchev–Trinajstić information content (AvgIpc) is 2.88. The molecule has 6 heteroatoms. The molecule has 0 aliphatic heterocycles. The van der Waals surface area contributed by atoms with Gasteiger partial charge < -0.3 is 19.9 Å². The number of esters is 1. The number of carbonyl (C=O) groups is 2. The minimum absolute atomic E-state index is 0.128. The highest BCUT2D eigenvalue weighted by Crippen LogP contribution is 2.29. The van der Waals surface area contributed by atoms with Crippen LogP contribution in [0, 0.1) is 0 Å². The van der Waals surface area contributed by atoms with Gasteiger partial charge in [0, 0.05) is 0 Å². The molecule has 4 aromatic rings. The molecule has 0 saturated carbocycles. The number of benzene rings is 4. The fourth-order valence-electron chi connectivity index (χ4n) is 3.27. The van der Waals surface area contributed by atoms with E-state index in [4.69, 9.17) is 9.47 Å². The molecule has 0 bridgehead atoms. The van der Waals surface area contributed by atoms with Crippen LogP contribution in [0.3, 0.4) is 0 Å². The summed E-state index contributed by atoms with van der Waals surface area (Å²) in [6.45, 7) is 0.383. The van der Waals surface area contributed by atoms with Crippen molar-refractivity contribution < 1.29 is 24.2 Å². The van der Waals surface area contributed by atoms with Crippen LogP contribution in [0.2, 0.25) is 0 Å². The summed E-state index contributed by atoms with van der Waals surface area (Å²) in [5.41, 5.74) is 2.59. The number of amides is 1. The van der Waals surface area contributed by atoms with Gasteiger partial charge in [0.2, 0.25) is 0 Å². The summed E-state index contributed by atoms with van der Waals surface area (Å²) in [4.78, 5) is 25.4. The Bertz CT molecular complexity index is 1270. The first-order chi connectivity index (χ1) is 16.6. The van der Waals surface area contributed by atoms with E-state index >= 15 is 0 Å². The van der Waals surface area contributed by atoms with Gasteiger partial charge in [-0.1, -0.05) is 72.8 Å². The summed E-state index contributed by atoms with van der Waals surface area (Å²) < 4.78 is 11.4. The highest BCUT2D eigenvalue weighted by molar-refractivity contribution is 6.07. The van der Waals surface area contributed by atoms with E-state index in [1.165, 1.54) is 18.2 Å². The number of para-hydroxylation sites is 1. The van der Waals surface area contributed by atoms with Crippen molar-refractivity contribution in [3.63, 3.8) is 0 Å². The van der Waals surface area contributed by atoms with Crippen LogP contribution in [-0.4, -0.2) is 17.0 Å². The zero-order valence-corrected chi connectivity index (χ0v) is 18.3. The Hall–Kier alpha value is -4.58. The normalized spacial score (nSPS) is 10.4. The molecule has 6 nitrogen and oxygen atoms in total. The number of hydrogen-bond donors (Lipinski definition) is 2. The molecule has 0 aromatic heterocycles. The molecular formula is C28H23NO5. The van der Waals surface area contributed by atoms with Crippen LogP contribution in [0.1, 0.15) is 31.8 Å². The third kappa shape index (κ3) is 5.81. The van der Waals surface area contributed by atoms with Gasteiger partial charge in [0.05, 0.1) is 16.8 Å². The van der Waals surface area contributed by atoms with Crippen molar-refractivity contribution in [2.75, 3.05) is 5.32 Å². The number of ether oxygens (including phenoxy) is 2. The van der Waals surface area contributed by atoms with E-state index in [1.807, 2.05) is 60.7 Å². The van der Waals surface area contributed by atoms with Gasteiger partial charge in [0.1, 0.15) is 24.7 Å². The lowest BCUT2D eigenvalue weighted by atomic mass is 10.1. The zero-order chi connectivity index (χ0) is 23.8. The minimum Gasteiger partial charge on any atom is -0.507 e. The standard InChI is InChI=1S/C28H23NO5/c30-25-14-8-7-13-23(25)27(31)29-24-16-15-22(28(32)34-19-21-11-5-2-6-12-21)17-26(24)33-18-20-9-3-1-4-10-20/h1-17,30H,18-19H2,(H,29,31). The molecule has 0 spiro atoms. The van der Waals surface area contributed by atoms with Crippen LogP contribution in [0.4, 0.5) is 5.69 Å². The third-order valence-corrected chi connectivity index (χ3v) is 5.06. The first-order valence-electron chi connectivity index (χ1n) is 10.7. The molecule has 0 heterocycles. The molecule has 0 aliphatic carbocycles. The average molecular weight is 453 g/mol. The number of anilines is 1. The molecule has 0 radical (unpaired) electrons. The summed E-state index contributed by atoms with van der Waals surface area (Å²) in [5.74, 6) is -0.830. The molecule has 4 rings (SSSR count). The Labute approximate surface area is 197 Å². The smallest absolute Gasteiger partial charge is 0.338 e. The van der Waals surface area contributed by atoms with Crippen LogP contribution in [0.25, 0.3) is 0 Å². The Morgan fingerprint density at radius 1 is 0.735 bits per heavy atom. The first-order valence-corrected chi connectivity index (χ1v) is 10.7. The molecule has 0 unspecified atom stereocenters. The van der Waals surface area contributed by atoms with Crippen LogP contribution >= 0.6 is 0 Å². The van der Waals surface area contributed by atoms with Crippen molar-refractivity contribution in [3.8, 4) is 11.5 Å². The van der Waals surface area contributed by atoms with E-state index in [0.29, 0.717) is 17.0 Å². The minimum atomic E-state index is -0.507. The topological polar surface area (TPSA) is 84.9 Å². The van der Waals surface area contributed by atoms with E-state index in [2.05, 4.69) is 5.32 Å². The summed E-state index contributed by atoms with van der Waals surface area (Å²) in [5, 5.41) is 12.7. The fourth-order valence-corrected chi connectivity index (χ4v) is 3.27. The highest BCUT2D eigenvalue weighted by Gasteiger charge is 2.16. The number of nitrogens with one attached hydrogen (secondary N) is 1. The lowest BCUT2D eigenvalue weighted by molar-refractivity contribution is 0.0472. The maximum Gasteiger partial charge on any atom is 0.338 e. The SMILES string of the molecule is O=C(OCc1ccccc1)c1ccc(NC(=O)c2ccccc2O)c(OCc2ccccc2)c1. The second-order valence-corrected chi connectivity index (χ2v) is 7.52. The Morgan fingerprint density at radius 3 is 2.03 bits per heavy atom. The largest absolute Gasteiger partial charge is 0.507 e. The van der Waals surface area contributed by atoms with Crippen molar-refractivity contribution in [1.29, 1.82) is 0 Å².